The molecule has 0 aliphatic rings. The zero-order valence-corrected chi connectivity index (χ0v) is 11.9. The van der Waals surface area contributed by atoms with Crippen molar-refractivity contribution in [1.29, 1.82) is 0 Å². The van der Waals surface area contributed by atoms with Crippen LogP contribution >= 0.6 is 0 Å². The molecule has 0 saturated heterocycles. The first kappa shape index (κ1) is 14.9. The summed E-state index contributed by atoms with van der Waals surface area (Å²) in [5, 5.41) is 9.35. The molecule has 0 saturated carbocycles. The van der Waals surface area contributed by atoms with Crippen molar-refractivity contribution in [1.82, 2.24) is 4.90 Å². The number of aliphatic hydroxyl groups is 1. The van der Waals surface area contributed by atoms with Gasteiger partial charge in [0, 0.05) is 12.1 Å². The van der Waals surface area contributed by atoms with E-state index >= 15 is 0 Å². The first-order valence-electron chi connectivity index (χ1n) is 6.32. The van der Waals surface area contributed by atoms with E-state index in [1.807, 2.05) is 50.9 Å². The van der Waals surface area contributed by atoms with Crippen molar-refractivity contribution in [2.75, 3.05) is 13.6 Å². The minimum atomic E-state index is -0.426. The molecule has 1 N–H and O–H groups in total. The average molecular weight is 249 g/mol. The Hall–Kier alpha value is -1.19. The number of Topliss-reactive ketones (excluding diaryl/α,β-unsaturated/α-hetero) is 1. The Kier molecular flexibility index (Phi) is 5.05. The van der Waals surface area contributed by atoms with Gasteiger partial charge in [-0.3, -0.25) is 9.69 Å². The quantitative estimate of drug-likeness (QED) is 0.813. The first-order chi connectivity index (χ1) is 8.32. The zero-order chi connectivity index (χ0) is 13.9. The summed E-state index contributed by atoms with van der Waals surface area (Å²) in [6, 6.07) is 5.56. The highest BCUT2D eigenvalue weighted by Gasteiger charge is 2.20. The molecule has 2 unspecified atom stereocenters. The van der Waals surface area contributed by atoms with Crippen molar-refractivity contribution >= 4 is 5.78 Å². The normalized spacial score (nSPS) is 14.6. The molecule has 0 amide bonds. The Morgan fingerprint density at radius 2 is 1.89 bits per heavy atom. The topological polar surface area (TPSA) is 40.5 Å². The fourth-order valence-electron chi connectivity index (χ4n) is 1.91. The SMILES string of the molecule is Cc1ccc(C(=O)C(C)N(C)CC(C)O)cc1C. The second-order valence-corrected chi connectivity index (χ2v) is 5.13. The van der Waals surface area contributed by atoms with Crippen LogP contribution in [0.5, 0.6) is 0 Å². The number of benzene rings is 1. The van der Waals surface area contributed by atoms with Crippen molar-refractivity contribution < 1.29 is 9.90 Å². The Labute approximate surface area is 109 Å². The number of nitrogens with zero attached hydrogens (tertiary/aromatic N) is 1. The van der Waals surface area contributed by atoms with Crippen molar-refractivity contribution in [3.63, 3.8) is 0 Å². The summed E-state index contributed by atoms with van der Waals surface area (Å²) in [4.78, 5) is 14.2. The van der Waals surface area contributed by atoms with Crippen LogP contribution in [-0.4, -0.2) is 41.5 Å². The molecule has 0 spiro atoms. The molecule has 0 aliphatic carbocycles. The molecule has 0 aromatic heterocycles. The highest BCUT2D eigenvalue weighted by atomic mass is 16.3. The molecule has 3 heteroatoms. The molecule has 1 aromatic carbocycles. The van der Waals surface area contributed by atoms with Gasteiger partial charge in [-0.2, -0.15) is 0 Å². The van der Waals surface area contributed by atoms with E-state index in [2.05, 4.69) is 0 Å². The lowest BCUT2D eigenvalue weighted by atomic mass is 10.00. The predicted molar refractivity (Wildman–Crippen MR) is 74.0 cm³/mol. The van der Waals surface area contributed by atoms with Crippen LogP contribution in [0.25, 0.3) is 0 Å². The lowest BCUT2D eigenvalue weighted by Crippen LogP contribution is -2.39. The van der Waals surface area contributed by atoms with E-state index in [1.54, 1.807) is 6.92 Å². The number of likely N-dealkylation sites (N-methyl/N-ethyl adjacent to an activating group) is 1. The predicted octanol–water partition coefficient (Wildman–Crippen LogP) is 2.19. The van der Waals surface area contributed by atoms with Crippen LogP contribution in [0.4, 0.5) is 0 Å². The third-order valence-electron chi connectivity index (χ3n) is 3.38. The van der Waals surface area contributed by atoms with Gasteiger partial charge in [0.1, 0.15) is 0 Å². The van der Waals surface area contributed by atoms with E-state index in [-0.39, 0.29) is 11.8 Å². The second-order valence-electron chi connectivity index (χ2n) is 5.13. The van der Waals surface area contributed by atoms with Crippen LogP contribution in [0.1, 0.15) is 35.3 Å². The zero-order valence-electron chi connectivity index (χ0n) is 11.9. The van der Waals surface area contributed by atoms with Gasteiger partial charge >= 0.3 is 0 Å². The molecule has 0 radical (unpaired) electrons. The van der Waals surface area contributed by atoms with E-state index in [4.69, 9.17) is 0 Å². The van der Waals surface area contributed by atoms with Crippen molar-refractivity contribution in [2.45, 2.75) is 39.8 Å². The minimum absolute atomic E-state index is 0.0984. The van der Waals surface area contributed by atoms with Gasteiger partial charge in [0.05, 0.1) is 12.1 Å². The van der Waals surface area contributed by atoms with E-state index in [0.29, 0.717) is 6.54 Å². The highest BCUT2D eigenvalue weighted by molar-refractivity contribution is 6.00. The smallest absolute Gasteiger partial charge is 0.179 e. The molecule has 2 atom stereocenters. The third kappa shape index (κ3) is 3.65. The first-order valence-corrected chi connectivity index (χ1v) is 6.32. The largest absolute Gasteiger partial charge is 0.392 e. The van der Waals surface area contributed by atoms with E-state index in [1.165, 1.54) is 5.56 Å². The van der Waals surface area contributed by atoms with Gasteiger partial charge in [-0.1, -0.05) is 12.1 Å². The Morgan fingerprint density at radius 3 is 2.39 bits per heavy atom. The van der Waals surface area contributed by atoms with Crippen LogP contribution in [0.15, 0.2) is 18.2 Å². The van der Waals surface area contributed by atoms with Gasteiger partial charge in [-0.25, -0.2) is 0 Å². The van der Waals surface area contributed by atoms with Crippen molar-refractivity contribution in [2.24, 2.45) is 0 Å². The molecule has 0 fully saturated rings. The Morgan fingerprint density at radius 1 is 1.28 bits per heavy atom. The number of carbonyl (C=O) groups is 1. The van der Waals surface area contributed by atoms with E-state index < -0.39 is 6.10 Å². The Bertz CT molecular complexity index is 427. The second kappa shape index (κ2) is 6.12. The molecular formula is C15H23NO2. The van der Waals surface area contributed by atoms with Gasteiger partial charge in [0.25, 0.3) is 0 Å². The molecule has 3 nitrogen and oxygen atoms in total. The van der Waals surface area contributed by atoms with Crippen LogP contribution in [0.3, 0.4) is 0 Å². The van der Waals surface area contributed by atoms with Crippen LogP contribution in [0.2, 0.25) is 0 Å². The van der Waals surface area contributed by atoms with Crippen molar-refractivity contribution in [3.8, 4) is 0 Å². The average Bonchev–Trinajstić information content (AvgIpc) is 2.30. The van der Waals surface area contributed by atoms with E-state index in [0.717, 1.165) is 11.1 Å². The maximum absolute atomic E-state index is 12.3. The van der Waals surface area contributed by atoms with Gasteiger partial charge in [-0.15, -0.1) is 0 Å². The maximum Gasteiger partial charge on any atom is 0.179 e. The number of rotatable bonds is 5. The molecule has 18 heavy (non-hydrogen) atoms. The summed E-state index contributed by atoms with van der Waals surface area (Å²) in [7, 11) is 1.86. The summed E-state index contributed by atoms with van der Waals surface area (Å²) >= 11 is 0. The molecule has 1 aromatic rings. The number of ketones is 1. The van der Waals surface area contributed by atoms with Gasteiger partial charge in [0.15, 0.2) is 5.78 Å². The summed E-state index contributed by atoms with van der Waals surface area (Å²) < 4.78 is 0. The minimum Gasteiger partial charge on any atom is -0.392 e. The number of hydrogen-bond acceptors (Lipinski definition) is 3. The molecule has 1 rings (SSSR count). The lowest BCUT2D eigenvalue weighted by Gasteiger charge is -2.24. The summed E-state index contributed by atoms with van der Waals surface area (Å²) in [5.74, 6) is 0.0984. The third-order valence-corrected chi connectivity index (χ3v) is 3.38. The monoisotopic (exact) mass is 249 g/mol. The van der Waals surface area contributed by atoms with Crippen molar-refractivity contribution in [3.05, 3.63) is 34.9 Å². The molecule has 0 aliphatic heterocycles. The molecule has 0 heterocycles. The van der Waals surface area contributed by atoms with Gasteiger partial charge in [-0.05, 0) is 51.9 Å². The van der Waals surface area contributed by atoms with Crippen LogP contribution < -0.4 is 0 Å². The van der Waals surface area contributed by atoms with Gasteiger partial charge < -0.3 is 5.11 Å². The number of aryl methyl sites for hydroxylation is 2. The Balaban J connectivity index is 2.82. The number of hydrogen-bond donors (Lipinski definition) is 1. The molecular weight excluding hydrogens is 226 g/mol. The summed E-state index contributed by atoms with van der Waals surface area (Å²) in [6.45, 7) is 8.14. The van der Waals surface area contributed by atoms with Gasteiger partial charge in [0.2, 0.25) is 0 Å². The van der Waals surface area contributed by atoms with E-state index in [9.17, 15) is 9.90 Å². The number of aliphatic hydroxyl groups excluding tert-OH is 1. The standard InChI is InChI=1S/C15H23NO2/c1-10-6-7-14(8-11(10)2)15(18)13(4)16(5)9-12(3)17/h6-8,12-13,17H,9H2,1-5H3. The lowest BCUT2D eigenvalue weighted by molar-refractivity contribution is 0.0788. The maximum atomic E-state index is 12.3. The summed E-state index contributed by atoms with van der Waals surface area (Å²) in [6.07, 6.45) is -0.426. The number of carbonyl (C=O) groups excluding carboxylic acids is 1. The van der Waals surface area contributed by atoms with Crippen LogP contribution in [0, 0.1) is 13.8 Å². The molecule has 0 bridgehead atoms. The molecule has 100 valence electrons. The summed E-state index contributed by atoms with van der Waals surface area (Å²) in [5.41, 5.74) is 3.06. The van der Waals surface area contributed by atoms with Crippen LogP contribution in [-0.2, 0) is 0 Å². The fraction of sp³-hybridized carbons (Fsp3) is 0.533. The highest BCUT2D eigenvalue weighted by Crippen LogP contribution is 2.13. The fourth-order valence-corrected chi connectivity index (χ4v) is 1.91.